The van der Waals surface area contributed by atoms with Crippen molar-refractivity contribution in [3.05, 3.63) is 51.8 Å². The first-order valence-electron chi connectivity index (χ1n) is 6.06. The number of nitrogens with one attached hydrogen (secondary N) is 1. The van der Waals surface area contributed by atoms with Crippen LogP contribution in [0.1, 0.15) is 11.1 Å². The van der Waals surface area contributed by atoms with Gasteiger partial charge in [-0.2, -0.15) is 8.78 Å². The average molecular weight is 333 g/mol. The molecular formula is C14H12Cl2F2N2O. The number of aryl methyl sites for hydroxylation is 1. The monoisotopic (exact) mass is 332 g/mol. The molecule has 0 atom stereocenters. The molecule has 1 aromatic heterocycles. The van der Waals surface area contributed by atoms with Crippen molar-refractivity contribution < 1.29 is 13.5 Å². The third-order valence-corrected chi connectivity index (χ3v) is 3.25. The molecule has 1 aromatic carbocycles. The lowest BCUT2D eigenvalue weighted by molar-refractivity contribution is -0.0504. The number of rotatable bonds is 5. The van der Waals surface area contributed by atoms with Gasteiger partial charge in [-0.25, -0.2) is 4.98 Å². The molecule has 3 nitrogen and oxygen atoms in total. The van der Waals surface area contributed by atoms with Gasteiger partial charge in [-0.3, -0.25) is 0 Å². The van der Waals surface area contributed by atoms with Gasteiger partial charge in [0.2, 0.25) is 0 Å². The summed E-state index contributed by atoms with van der Waals surface area (Å²) in [5.41, 5.74) is 2.00. The van der Waals surface area contributed by atoms with Gasteiger partial charge in [0.25, 0.3) is 0 Å². The van der Waals surface area contributed by atoms with Crippen molar-refractivity contribution in [2.45, 2.75) is 20.1 Å². The summed E-state index contributed by atoms with van der Waals surface area (Å²) in [6.07, 6.45) is 0. The topological polar surface area (TPSA) is 34.2 Å². The highest BCUT2D eigenvalue weighted by molar-refractivity contribution is 6.34. The van der Waals surface area contributed by atoms with E-state index in [1.807, 2.05) is 6.92 Å². The summed E-state index contributed by atoms with van der Waals surface area (Å²) >= 11 is 11.8. The number of anilines is 1. The Morgan fingerprint density at radius 1 is 1.29 bits per heavy atom. The Kier molecular flexibility index (Phi) is 5.20. The fourth-order valence-corrected chi connectivity index (χ4v) is 2.45. The Morgan fingerprint density at radius 2 is 2.00 bits per heavy atom. The molecule has 2 rings (SSSR count). The number of alkyl halides is 2. The van der Waals surface area contributed by atoms with Crippen LogP contribution in [0.25, 0.3) is 0 Å². The van der Waals surface area contributed by atoms with E-state index in [0.29, 0.717) is 16.4 Å². The zero-order valence-corrected chi connectivity index (χ0v) is 12.6. The van der Waals surface area contributed by atoms with E-state index in [2.05, 4.69) is 15.0 Å². The van der Waals surface area contributed by atoms with Crippen molar-refractivity contribution in [2.75, 3.05) is 5.32 Å². The molecule has 0 amide bonds. The summed E-state index contributed by atoms with van der Waals surface area (Å²) in [6, 6.07) is 8.21. The predicted octanol–water partition coefficient (Wildman–Crippen LogP) is 4.91. The number of benzene rings is 1. The van der Waals surface area contributed by atoms with Gasteiger partial charge >= 0.3 is 6.61 Å². The van der Waals surface area contributed by atoms with E-state index >= 15 is 0 Å². The summed E-state index contributed by atoms with van der Waals surface area (Å²) in [6.45, 7) is -0.774. The fourth-order valence-electron chi connectivity index (χ4n) is 1.85. The lowest BCUT2D eigenvalue weighted by Crippen LogP contribution is -2.08. The van der Waals surface area contributed by atoms with Crippen LogP contribution in [-0.2, 0) is 6.54 Å². The third-order valence-electron chi connectivity index (χ3n) is 2.79. The van der Waals surface area contributed by atoms with Gasteiger partial charge in [0.1, 0.15) is 10.9 Å². The maximum Gasteiger partial charge on any atom is 0.387 e. The molecule has 7 heteroatoms. The summed E-state index contributed by atoms with van der Waals surface area (Å²) in [5, 5.41) is 3.59. The summed E-state index contributed by atoms with van der Waals surface area (Å²) in [5.74, 6) is 0.121. The molecule has 112 valence electrons. The van der Waals surface area contributed by atoms with E-state index in [0.717, 1.165) is 5.56 Å². The van der Waals surface area contributed by atoms with Gasteiger partial charge in [0, 0.05) is 12.1 Å². The minimum absolute atomic E-state index is 0.121. The van der Waals surface area contributed by atoms with Gasteiger partial charge in [-0.15, -0.1) is 0 Å². The van der Waals surface area contributed by atoms with Crippen LogP contribution in [0.3, 0.4) is 0 Å². The van der Waals surface area contributed by atoms with Crippen LogP contribution >= 0.6 is 23.2 Å². The Bertz CT molecular complexity index is 615. The Balaban J connectivity index is 2.17. The smallest absolute Gasteiger partial charge is 0.387 e. The predicted molar refractivity (Wildman–Crippen MR) is 79.4 cm³/mol. The van der Waals surface area contributed by atoms with Gasteiger partial charge in [-0.05, 0) is 24.6 Å². The zero-order chi connectivity index (χ0) is 15.4. The van der Waals surface area contributed by atoms with E-state index in [4.69, 9.17) is 23.2 Å². The largest absolute Gasteiger partial charge is 0.434 e. The number of halogens is 4. The van der Waals surface area contributed by atoms with Crippen LogP contribution in [0.2, 0.25) is 10.3 Å². The number of pyridine rings is 1. The molecule has 1 N–H and O–H groups in total. The number of para-hydroxylation sites is 1. The Hall–Kier alpha value is -1.59. The SMILES string of the molecule is Cc1cc(Cl)nc(Cl)c1NCc1ccccc1OC(F)F. The average Bonchev–Trinajstić information content (AvgIpc) is 2.38. The Morgan fingerprint density at radius 3 is 2.67 bits per heavy atom. The molecule has 0 aliphatic carbocycles. The minimum atomic E-state index is -2.87. The number of aromatic nitrogens is 1. The van der Waals surface area contributed by atoms with Crippen LogP contribution in [-0.4, -0.2) is 11.6 Å². The van der Waals surface area contributed by atoms with Crippen molar-refractivity contribution in [2.24, 2.45) is 0 Å². The normalized spacial score (nSPS) is 10.8. The second-order valence-corrected chi connectivity index (χ2v) is 5.01. The maximum absolute atomic E-state index is 12.3. The fraction of sp³-hybridized carbons (Fsp3) is 0.214. The standard InChI is InChI=1S/C14H12Cl2F2N2O/c1-8-6-11(15)20-13(16)12(8)19-7-9-4-2-3-5-10(9)21-14(17)18/h2-6,14,19H,7H2,1H3. The summed E-state index contributed by atoms with van der Waals surface area (Å²) < 4.78 is 29.2. The first kappa shape index (κ1) is 15.8. The van der Waals surface area contributed by atoms with E-state index in [1.54, 1.807) is 24.3 Å². The lowest BCUT2D eigenvalue weighted by Gasteiger charge is -2.14. The molecule has 0 bridgehead atoms. The molecular weight excluding hydrogens is 321 g/mol. The molecule has 0 saturated heterocycles. The lowest BCUT2D eigenvalue weighted by atomic mass is 10.2. The van der Waals surface area contributed by atoms with Crippen LogP contribution in [0, 0.1) is 6.92 Å². The van der Waals surface area contributed by atoms with Gasteiger partial charge in [0.05, 0.1) is 5.69 Å². The molecule has 0 radical (unpaired) electrons. The van der Waals surface area contributed by atoms with E-state index < -0.39 is 6.61 Å². The highest BCUT2D eigenvalue weighted by Gasteiger charge is 2.11. The maximum atomic E-state index is 12.3. The van der Waals surface area contributed by atoms with Crippen LogP contribution in [0.5, 0.6) is 5.75 Å². The first-order valence-corrected chi connectivity index (χ1v) is 6.82. The molecule has 2 aromatic rings. The van der Waals surface area contributed by atoms with Crippen LogP contribution in [0.15, 0.2) is 30.3 Å². The molecule has 0 aliphatic heterocycles. The highest BCUT2D eigenvalue weighted by Crippen LogP contribution is 2.28. The number of hydrogen-bond acceptors (Lipinski definition) is 3. The van der Waals surface area contributed by atoms with Crippen molar-refractivity contribution >= 4 is 28.9 Å². The number of nitrogens with zero attached hydrogens (tertiary/aromatic N) is 1. The highest BCUT2D eigenvalue weighted by atomic mass is 35.5. The number of ether oxygens (including phenoxy) is 1. The molecule has 21 heavy (non-hydrogen) atoms. The minimum Gasteiger partial charge on any atom is -0.434 e. The van der Waals surface area contributed by atoms with E-state index in [1.165, 1.54) is 6.07 Å². The second kappa shape index (κ2) is 6.91. The first-order chi connectivity index (χ1) is 9.97. The zero-order valence-electron chi connectivity index (χ0n) is 11.0. The summed E-state index contributed by atoms with van der Waals surface area (Å²) in [4.78, 5) is 3.93. The van der Waals surface area contributed by atoms with Crippen LogP contribution < -0.4 is 10.1 Å². The third kappa shape index (κ3) is 4.19. The molecule has 0 unspecified atom stereocenters. The van der Waals surface area contributed by atoms with E-state index in [-0.39, 0.29) is 17.4 Å². The molecule has 0 spiro atoms. The summed E-state index contributed by atoms with van der Waals surface area (Å²) in [7, 11) is 0. The number of hydrogen-bond donors (Lipinski definition) is 1. The Labute approximate surface area is 130 Å². The van der Waals surface area contributed by atoms with Gasteiger partial charge in [-0.1, -0.05) is 41.4 Å². The van der Waals surface area contributed by atoms with E-state index in [9.17, 15) is 8.78 Å². The molecule has 0 fully saturated rings. The van der Waals surface area contributed by atoms with Crippen LogP contribution in [0.4, 0.5) is 14.5 Å². The van der Waals surface area contributed by atoms with Crippen molar-refractivity contribution in [1.29, 1.82) is 0 Å². The van der Waals surface area contributed by atoms with Crippen molar-refractivity contribution in [1.82, 2.24) is 4.98 Å². The van der Waals surface area contributed by atoms with Gasteiger partial charge < -0.3 is 10.1 Å². The second-order valence-electron chi connectivity index (χ2n) is 4.27. The quantitative estimate of drug-likeness (QED) is 0.790. The van der Waals surface area contributed by atoms with Crippen molar-refractivity contribution in [3.8, 4) is 5.75 Å². The molecule has 1 heterocycles. The molecule has 0 saturated carbocycles. The van der Waals surface area contributed by atoms with Gasteiger partial charge in [0.15, 0.2) is 5.15 Å². The molecule has 0 aliphatic rings. The van der Waals surface area contributed by atoms with Crippen molar-refractivity contribution in [3.63, 3.8) is 0 Å².